The summed E-state index contributed by atoms with van der Waals surface area (Å²) in [7, 11) is 0. The zero-order chi connectivity index (χ0) is 13.8. The highest BCUT2D eigenvalue weighted by molar-refractivity contribution is 5.59. The lowest BCUT2D eigenvalue weighted by molar-refractivity contribution is -0.385. The molecule has 1 aromatic rings. The van der Waals surface area contributed by atoms with Gasteiger partial charge in [-0.15, -0.1) is 0 Å². The van der Waals surface area contributed by atoms with Crippen LogP contribution in [0.1, 0.15) is 19.8 Å². The summed E-state index contributed by atoms with van der Waals surface area (Å²) in [5, 5.41) is 11.0. The summed E-state index contributed by atoms with van der Waals surface area (Å²) in [6, 6.07) is 5.18. The van der Waals surface area contributed by atoms with Gasteiger partial charge in [0, 0.05) is 37.0 Å². The smallest absolute Gasteiger partial charge is 0.311 e. The van der Waals surface area contributed by atoms with Gasteiger partial charge in [-0.25, -0.2) is 0 Å². The molecule has 0 saturated carbocycles. The fraction of sp³-hybridized carbons (Fsp3) is 0.538. The van der Waals surface area contributed by atoms with Crippen LogP contribution in [0.2, 0.25) is 0 Å². The van der Waals surface area contributed by atoms with Gasteiger partial charge >= 0.3 is 5.69 Å². The van der Waals surface area contributed by atoms with Gasteiger partial charge in [0.15, 0.2) is 5.75 Å². The molecule has 6 nitrogen and oxygen atoms in total. The highest BCUT2D eigenvalue weighted by Crippen LogP contribution is 2.32. The summed E-state index contributed by atoms with van der Waals surface area (Å²) >= 11 is 0. The van der Waals surface area contributed by atoms with Gasteiger partial charge < -0.3 is 15.4 Å². The Morgan fingerprint density at radius 2 is 2.37 bits per heavy atom. The van der Waals surface area contributed by atoms with Gasteiger partial charge in [0.05, 0.1) is 11.5 Å². The van der Waals surface area contributed by atoms with Crippen LogP contribution in [0.15, 0.2) is 18.2 Å². The second kappa shape index (κ2) is 5.88. The number of nitro groups is 1. The van der Waals surface area contributed by atoms with Crippen LogP contribution in [0, 0.1) is 10.1 Å². The van der Waals surface area contributed by atoms with E-state index in [9.17, 15) is 10.1 Å². The summed E-state index contributed by atoms with van der Waals surface area (Å²) < 4.78 is 5.48. The lowest BCUT2D eigenvalue weighted by Gasteiger charge is -2.19. The fourth-order valence-electron chi connectivity index (χ4n) is 2.20. The maximum Gasteiger partial charge on any atom is 0.311 e. The zero-order valence-electron chi connectivity index (χ0n) is 11.0. The van der Waals surface area contributed by atoms with Crippen molar-refractivity contribution in [3.05, 3.63) is 28.3 Å². The number of hydrogen-bond acceptors (Lipinski definition) is 5. The minimum Gasteiger partial charge on any atom is -0.487 e. The molecule has 6 heteroatoms. The second-order valence-corrected chi connectivity index (χ2v) is 4.75. The number of nitro benzene ring substituents is 1. The van der Waals surface area contributed by atoms with E-state index < -0.39 is 4.92 Å². The lowest BCUT2D eigenvalue weighted by atomic mass is 10.2. The molecule has 1 unspecified atom stereocenters. The number of ether oxygens (including phenoxy) is 1. The summed E-state index contributed by atoms with van der Waals surface area (Å²) in [5.74, 6) is 0.338. The van der Waals surface area contributed by atoms with E-state index in [0.717, 1.165) is 31.6 Å². The Morgan fingerprint density at radius 3 is 2.95 bits per heavy atom. The summed E-state index contributed by atoms with van der Waals surface area (Å²) in [6.45, 7) is 4.11. The molecule has 0 bridgehead atoms. The highest BCUT2D eigenvalue weighted by Gasteiger charge is 2.22. The monoisotopic (exact) mass is 265 g/mol. The molecule has 1 saturated heterocycles. The van der Waals surface area contributed by atoms with Crippen molar-refractivity contribution in [1.29, 1.82) is 0 Å². The third kappa shape index (κ3) is 3.14. The van der Waals surface area contributed by atoms with Gasteiger partial charge in [0.1, 0.15) is 0 Å². The standard InChI is InChI=1S/C13H19N3O3/c1-2-7-19-13-8-11(3-4-12(13)16(17)18)15-6-5-10(14)9-15/h3-4,8,10H,2,5-7,9,14H2,1H3. The molecule has 1 aliphatic rings. The van der Waals surface area contributed by atoms with Gasteiger partial charge in [-0.1, -0.05) is 6.92 Å². The third-order valence-corrected chi connectivity index (χ3v) is 3.19. The SMILES string of the molecule is CCCOc1cc(N2CCC(N)C2)ccc1[N+](=O)[O-]. The molecule has 104 valence electrons. The quantitative estimate of drug-likeness (QED) is 0.649. The minimum absolute atomic E-state index is 0.0145. The summed E-state index contributed by atoms with van der Waals surface area (Å²) in [4.78, 5) is 12.7. The lowest BCUT2D eigenvalue weighted by Crippen LogP contribution is -2.26. The first kappa shape index (κ1) is 13.6. The van der Waals surface area contributed by atoms with Crippen LogP contribution >= 0.6 is 0 Å². The number of rotatable bonds is 5. The van der Waals surface area contributed by atoms with E-state index in [1.54, 1.807) is 12.1 Å². The minimum atomic E-state index is -0.412. The molecule has 19 heavy (non-hydrogen) atoms. The molecule has 1 aliphatic heterocycles. The van der Waals surface area contributed by atoms with Crippen molar-refractivity contribution in [3.8, 4) is 5.75 Å². The van der Waals surface area contributed by atoms with Crippen LogP contribution < -0.4 is 15.4 Å². The Kier molecular flexibility index (Phi) is 4.21. The maximum atomic E-state index is 11.0. The van der Waals surface area contributed by atoms with Gasteiger partial charge in [0.2, 0.25) is 0 Å². The summed E-state index contributed by atoms with van der Waals surface area (Å²) in [6.07, 6.45) is 1.76. The highest BCUT2D eigenvalue weighted by atomic mass is 16.6. The predicted octanol–water partition coefficient (Wildman–Crippen LogP) is 1.92. The first-order chi connectivity index (χ1) is 9.11. The molecule has 1 fully saturated rings. The van der Waals surface area contributed by atoms with Gasteiger partial charge in [-0.3, -0.25) is 10.1 Å². The van der Waals surface area contributed by atoms with Crippen LogP contribution in [-0.4, -0.2) is 30.7 Å². The zero-order valence-corrected chi connectivity index (χ0v) is 11.0. The van der Waals surface area contributed by atoms with Crippen LogP contribution in [0.4, 0.5) is 11.4 Å². The van der Waals surface area contributed by atoms with E-state index in [4.69, 9.17) is 10.5 Å². The third-order valence-electron chi connectivity index (χ3n) is 3.19. The van der Waals surface area contributed by atoms with E-state index in [1.807, 2.05) is 6.92 Å². The largest absolute Gasteiger partial charge is 0.487 e. The van der Waals surface area contributed by atoms with Crippen molar-refractivity contribution in [2.45, 2.75) is 25.8 Å². The van der Waals surface area contributed by atoms with Crippen LogP contribution in [0.3, 0.4) is 0 Å². The first-order valence-corrected chi connectivity index (χ1v) is 6.53. The van der Waals surface area contributed by atoms with Crippen molar-refractivity contribution < 1.29 is 9.66 Å². The van der Waals surface area contributed by atoms with Gasteiger partial charge in [-0.2, -0.15) is 0 Å². The molecule has 1 atom stereocenters. The van der Waals surface area contributed by atoms with E-state index >= 15 is 0 Å². The van der Waals surface area contributed by atoms with Crippen molar-refractivity contribution in [1.82, 2.24) is 0 Å². The average Bonchev–Trinajstić information content (AvgIpc) is 2.82. The average molecular weight is 265 g/mol. The van der Waals surface area contributed by atoms with Crippen LogP contribution in [0.5, 0.6) is 5.75 Å². The van der Waals surface area contributed by atoms with Crippen LogP contribution in [0.25, 0.3) is 0 Å². The Hall–Kier alpha value is -1.82. The second-order valence-electron chi connectivity index (χ2n) is 4.75. The number of nitrogens with two attached hydrogens (primary N) is 1. The molecule has 2 N–H and O–H groups in total. The number of nitrogens with zero attached hydrogens (tertiary/aromatic N) is 2. The first-order valence-electron chi connectivity index (χ1n) is 6.53. The number of anilines is 1. The number of hydrogen-bond donors (Lipinski definition) is 1. The predicted molar refractivity (Wildman–Crippen MR) is 73.7 cm³/mol. The van der Waals surface area contributed by atoms with Crippen molar-refractivity contribution in [3.63, 3.8) is 0 Å². The normalized spacial score (nSPS) is 18.6. The van der Waals surface area contributed by atoms with Crippen molar-refractivity contribution in [2.24, 2.45) is 5.73 Å². The van der Waals surface area contributed by atoms with Gasteiger partial charge in [-0.05, 0) is 18.9 Å². The molecule has 0 amide bonds. The summed E-state index contributed by atoms with van der Waals surface area (Å²) in [5.41, 5.74) is 6.83. The Balaban J connectivity index is 2.24. The Bertz CT molecular complexity index is 464. The molecule has 0 aliphatic carbocycles. The molecule has 1 aromatic carbocycles. The Morgan fingerprint density at radius 1 is 1.58 bits per heavy atom. The van der Waals surface area contributed by atoms with Crippen molar-refractivity contribution >= 4 is 11.4 Å². The molecular formula is C13H19N3O3. The molecule has 0 radical (unpaired) electrons. The maximum absolute atomic E-state index is 11.0. The van der Waals surface area contributed by atoms with Crippen LogP contribution in [-0.2, 0) is 0 Å². The van der Waals surface area contributed by atoms with E-state index in [0.29, 0.717) is 12.4 Å². The van der Waals surface area contributed by atoms with E-state index in [-0.39, 0.29) is 11.7 Å². The Labute approximate surface area is 112 Å². The van der Waals surface area contributed by atoms with E-state index in [1.165, 1.54) is 6.07 Å². The van der Waals surface area contributed by atoms with Crippen molar-refractivity contribution in [2.75, 3.05) is 24.6 Å². The molecule has 2 rings (SSSR count). The topological polar surface area (TPSA) is 81.6 Å². The number of benzene rings is 1. The fourth-order valence-corrected chi connectivity index (χ4v) is 2.20. The molecule has 0 aromatic heterocycles. The molecular weight excluding hydrogens is 246 g/mol. The van der Waals surface area contributed by atoms with E-state index in [2.05, 4.69) is 4.90 Å². The van der Waals surface area contributed by atoms with Gasteiger partial charge in [0.25, 0.3) is 0 Å². The molecule has 0 spiro atoms. The molecule has 1 heterocycles.